The number of ether oxygens (including phenoxy) is 1. The number of rotatable bonds is 7. The van der Waals surface area contributed by atoms with Gasteiger partial charge in [-0.2, -0.15) is 0 Å². The van der Waals surface area contributed by atoms with Gasteiger partial charge in [0.1, 0.15) is 0 Å². The molecule has 0 bridgehead atoms. The Balaban J connectivity index is 2.80. The standard InChI is InChI=1S/C16H24N2O3/c1-4-16(5-2,11-17)15(20)18-13-9-7-12(8-10-13)14(19)21-6-3/h7-10H,4-6,11,17H2,1-3H3,(H,18,20). The van der Waals surface area contributed by atoms with E-state index in [1.165, 1.54) is 0 Å². The molecule has 0 atom stereocenters. The summed E-state index contributed by atoms with van der Waals surface area (Å²) in [5.41, 5.74) is 6.33. The zero-order valence-corrected chi connectivity index (χ0v) is 12.9. The van der Waals surface area contributed by atoms with Crippen molar-refractivity contribution in [3.63, 3.8) is 0 Å². The highest BCUT2D eigenvalue weighted by molar-refractivity contribution is 5.96. The van der Waals surface area contributed by atoms with Gasteiger partial charge < -0.3 is 15.8 Å². The van der Waals surface area contributed by atoms with Gasteiger partial charge in [0.05, 0.1) is 17.6 Å². The molecule has 0 unspecified atom stereocenters. The first-order chi connectivity index (χ1) is 10.0. The number of esters is 1. The van der Waals surface area contributed by atoms with Crippen LogP contribution in [-0.2, 0) is 9.53 Å². The van der Waals surface area contributed by atoms with E-state index in [1.54, 1.807) is 31.2 Å². The molecule has 1 rings (SSSR count). The number of carbonyl (C=O) groups is 2. The Hall–Kier alpha value is -1.88. The Kier molecular flexibility index (Phi) is 6.37. The van der Waals surface area contributed by atoms with E-state index in [0.717, 1.165) is 0 Å². The summed E-state index contributed by atoms with van der Waals surface area (Å²) < 4.78 is 4.91. The Morgan fingerprint density at radius 2 is 1.71 bits per heavy atom. The molecule has 0 heterocycles. The Morgan fingerprint density at radius 3 is 2.14 bits per heavy atom. The predicted octanol–water partition coefficient (Wildman–Crippen LogP) is 2.57. The van der Waals surface area contributed by atoms with Crippen LogP contribution in [0.5, 0.6) is 0 Å². The fraction of sp³-hybridized carbons (Fsp3) is 0.500. The summed E-state index contributed by atoms with van der Waals surface area (Å²) in [6.07, 6.45) is 1.37. The second kappa shape index (κ2) is 7.78. The highest BCUT2D eigenvalue weighted by atomic mass is 16.5. The smallest absolute Gasteiger partial charge is 0.338 e. The third-order valence-electron chi connectivity index (χ3n) is 3.88. The molecule has 21 heavy (non-hydrogen) atoms. The second-order valence-electron chi connectivity index (χ2n) is 4.94. The molecule has 116 valence electrons. The molecule has 0 spiro atoms. The molecule has 3 N–H and O–H groups in total. The van der Waals surface area contributed by atoms with Gasteiger partial charge in [-0.15, -0.1) is 0 Å². The topological polar surface area (TPSA) is 81.4 Å². The first-order valence-electron chi connectivity index (χ1n) is 7.31. The normalized spacial score (nSPS) is 11.0. The van der Waals surface area contributed by atoms with E-state index >= 15 is 0 Å². The summed E-state index contributed by atoms with van der Waals surface area (Å²) in [7, 11) is 0. The van der Waals surface area contributed by atoms with Crippen molar-refractivity contribution in [2.45, 2.75) is 33.6 Å². The van der Waals surface area contributed by atoms with E-state index in [4.69, 9.17) is 10.5 Å². The van der Waals surface area contributed by atoms with Crippen LogP contribution < -0.4 is 11.1 Å². The third kappa shape index (κ3) is 4.04. The van der Waals surface area contributed by atoms with Gasteiger partial charge in [0, 0.05) is 12.2 Å². The van der Waals surface area contributed by atoms with E-state index in [2.05, 4.69) is 5.32 Å². The molecule has 5 heteroatoms. The highest BCUT2D eigenvalue weighted by Crippen LogP contribution is 2.27. The van der Waals surface area contributed by atoms with Gasteiger partial charge in [-0.3, -0.25) is 4.79 Å². The average molecular weight is 292 g/mol. The van der Waals surface area contributed by atoms with E-state index in [-0.39, 0.29) is 11.9 Å². The summed E-state index contributed by atoms with van der Waals surface area (Å²) in [6, 6.07) is 6.65. The van der Waals surface area contributed by atoms with Crippen molar-refractivity contribution in [2.24, 2.45) is 11.1 Å². The third-order valence-corrected chi connectivity index (χ3v) is 3.88. The molecule has 0 saturated carbocycles. The van der Waals surface area contributed by atoms with Gasteiger partial charge in [-0.05, 0) is 44.0 Å². The molecule has 0 saturated heterocycles. The lowest BCUT2D eigenvalue weighted by molar-refractivity contribution is -0.125. The number of benzene rings is 1. The monoisotopic (exact) mass is 292 g/mol. The van der Waals surface area contributed by atoms with Crippen LogP contribution in [0.15, 0.2) is 24.3 Å². The summed E-state index contributed by atoms with van der Waals surface area (Å²) in [5.74, 6) is -0.451. The molecule has 0 aliphatic carbocycles. The van der Waals surface area contributed by atoms with Crippen LogP contribution in [0.25, 0.3) is 0 Å². The van der Waals surface area contributed by atoms with Gasteiger partial charge in [0.25, 0.3) is 0 Å². The molecule has 0 aromatic heterocycles. The van der Waals surface area contributed by atoms with Gasteiger partial charge in [-0.1, -0.05) is 13.8 Å². The zero-order chi connectivity index (χ0) is 15.9. The second-order valence-corrected chi connectivity index (χ2v) is 4.94. The Labute approximate surface area is 125 Å². The van der Waals surface area contributed by atoms with Crippen LogP contribution in [0.1, 0.15) is 44.0 Å². The van der Waals surface area contributed by atoms with Crippen molar-refractivity contribution in [3.8, 4) is 0 Å². The molecule has 0 aliphatic rings. The summed E-state index contributed by atoms with van der Waals surface area (Å²) in [5, 5.41) is 2.86. The lowest BCUT2D eigenvalue weighted by Gasteiger charge is -2.28. The van der Waals surface area contributed by atoms with Crippen LogP contribution in [-0.4, -0.2) is 25.0 Å². The fourth-order valence-corrected chi connectivity index (χ4v) is 2.12. The fourth-order valence-electron chi connectivity index (χ4n) is 2.12. The van der Waals surface area contributed by atoms with Crippen molar-refractivity contribution < 1.29 is 14.3 Å². The highest BCUT2D eigenvalue weighted by Gasteiger charge is 2.33. The quantitative estimate of drug-likeness (QED) is 0.757. The lowest BCUT2D eigenvalue weighted by Crippen LogP contribution is -2.41. The number of anilines is 1. The average Bonchev–Trinajstić information content (AvgIpc) is 2.50. The largest absolute Gasteiger partial charge is 0.462 e. The lowest BCUT2D eigenvalue weighted by atomic mass is 9.81. The van der Waals surface area contributed by atoms with E-state index in [9.17, 15) is 9.59 Å². The number of amides is 1. The van der Waals surface area contributed by atoms with Gasteiger partial charge in [0.15, 0.2) is 0 Å². The van der Waals surface area contributed by atoms with Crippen LogP contribution in [0.3, 0.4) is 0 Å². The minimum Gasteiger partial charge on any atom is -0.462 e. The maximum absolute atomic E-state index is 12.4. The van der Waals surface area contributed by atoms with Crippen molar-refractivity contribution >= 4 is 17.6 Å². The van der Waals surface area contributed by atoms with Crippen molar-refractivity contribution in [1.29, 1.82) is 0 Å². The van der Waals surface area contributed by atoms with Crippen LogP contribution in [0.2, 0.25) is 0 Å². The number of hydrogen-bond donors (Lipinski definition) is 2. The van der Waals surface area contributed by atoms with E-state index in [1.807, 2.05) is 13.8 Å². The molecule has 0 fully saturated rings. The van der Waals surface area contributed by atoms with E-state index in [0.29, 0.717) is 37.2 Å². The van der Waals surface area contributed by atoms with Crippen molar-refractivity contribution in [3.05, 3.63) is 29.8 Å². The molecule has 1 aromatic rings. The van der Waals surface area contributed by atoms with Gasteiger partial charge >= 0.3 is 5.97 Å². The van der Waals surface area contributed by atoms with Gasteiger partial charge in [0.2, 0.25) is 5.91 Å². The number of carbonyl (C=O) groups excluding carboxylic acids is 2. The minimum absolute atomic E-state index is 0.0844. The van der Waals surface area contributed by atoms with Crippen LogP contribution in [0, 0.1) is 5.41 Å². The van der Waals surface area contributed by atoms with Crippen LogP contribution >= 0.6 is 0 Å². The van der Waals surface area contributed by atoms with Crippen molar-refractivity contribution in [1.82, 2.24) is 0 Å². The summed E-state index contributed by atoms with van der Waals surface area (Å²) in [6.45, 7) is 6.32. The number of nitrogens with one attached hydrogen (secondary N) is 1. The zero-order valence-electron chi connectivity index (χ0n) is 12.9. The molecule has 1 aromatic carbocycles. The maximum atomic E-state index is 12.4. The molecule has 0 aliphatic heterocycles. The van der Waals surface area contributed by atoms with Gasteiger partial charge in [-0.25, -0.2) is 4.79 Å². The van der Waals surface area contributed by atoms with Crippen molar-refractivity contribution in [2.75, 3.05) is 18.5 Å². The predicted molar refractivity (Wildman–Crippen MR) is 83.1 cm³/mol. The molecule has 1 amide bonds. The molecular weight excluding hydrogens is 268 g/mol. The summed E-state index contributed by atoms with van der Waals surface area (Å²) in [4.78, 5) is 23.9. The Bertz CT molecular complexity index is 471. The first-order valence-corrected chi connectivity index (χ1v) is 7.31. The first kappa shape index (κ1) is 17.2. The number of hydrogen-bond acceptors (Lipinski definition) is 4. The SMILES string of the molecule is CCOC(=O)c1ccc(NC(=O)C(CC)(CC)CN)cc1. The van der Waals surface area contributed by atoms with Crippen LogP contribution in [0.4, 0.5) is 5.69 Å². The van der Waals surface area contributed by atoms with E-state index < -0.39 is 5.41 Å². The Morgan fingerprint density at radius 1 is 1.14 bits per heavy atom. The molecular formula is C16H24N2O3. The minimum atomic E-state index is -0.542. The number of nitrogens with two attached hydrogens (primary N) is 1. The summed E-state index contributed by atoms with van der Waals surface area (Å²) >= 11 is 0. The maximum Gasteiger partial charge on any atom is 0.338 e. The molecule has 5 nitrogen and oxygen atoms in total. The molecule has 0 radical (unpaired) electrons.